The molecule has 1 aromatic carbocycles. The number of aliphatic carboxylic acids is 2. The maximum absolute atomic E-state index is 13.5. The molecule has 0 fully saturated rings. The smallest absolute Gasteiger partial charge is 0.326 e. The van der Waals surface area contributed by atoms with E-state index in [1.54, 1.807) is 30.3 Å². The zero-order valence-electron chi connectivity index (χ0n) is 37.3. The second-order valence-corrected chi connectivity index (χ2v) is 14.9. The molecule has 8 amide bonds. The van der Waals surface area contributed by atoms with Gasteiger partial charge < -0.3 is 91.6 Å². The molecule has 1 aromatic rings. The van der Waals surface area contributed by atoms with Crippen LogP contribution >= 0.6 is 0 Å². The summed E-state index contributed by atoms with van der Waals surface area (Å²) in [5.74, 6) is -10.9. The highest BCUT2D eigenvalue weighted by molar-refractivity contribution is 5.97. The summed E-state index contributed by atoms with van der Waals surface area (Å²) in [5, 5.41) is 56.6. The molecule has 68 heavy (non-hydrogen) atoms. The van der Waals surface area contributed by atoms with E-state index >= 15 is 0 Å². The van der Waals surface area contributed by atoms with Crippen molar-refractivity contribution < 1.29 is 68.4 Å². The molecule has 0 saturated heterocycles. The standard InChI is InChI=1S/C39H63N15O14/c1-20(31(61)53-24(37(67)68)10-6-14-46-39(43)44)49-34(64)25(15-21-7-3-2-4-8-21)54-36(66)27(19-56)51-29(58)17-48-33(63)23(11-12-30(59)60)52-35(65)26(18-55)50-28(57)16-47-32(62)22(40)9-5-13-45-38(41)42/h2-4,7-8,20,22-27,55-56H,5-6,9-19,40H2,1H3,(H,47,62)(H,48,63)(H,49,64)(H,50,57)(H,51,58)(H,52,65)(H,53,61)(H,54,66)(H,59,60)(H,67,68)(H4,41,42,45)(H4,43,44,46)/t20-,22-,23-,24-,25-,26-,27-/m0/s1. The molecule has 29 heteroatoms. The van der Waals surface area contributed by atoms with Gasteiger partial charge >= 0.3 is 11.9 Å². The number of benzene rings is 1. The van der Waals surface area contributed by atoms with Gasteiger partial charge in [0.25, 0.3) is 0 Å². The van der Waals surface area contributed by atoms with Crippen LogP contribution in [0, 0.1) is 0 Å². The molecule has 0 aliphatic heterocycles. The minimum atomic E-state index is -1.73. The van der Waals surface area contributed by atoms with Crippen LogP contribution in [0.4, 0.5) is 0 Å². The van der Waals surface area contributed by atoms with Gasteiger partial charge in [-0.25, -0.2) is 4.79 Å². The Bertz CT molecular complexity index is 1950. The number of hydrogen-bond acceptors (Lipinski definition) is 15. The molecule has 0 unspecified atom stereocenters. The Kier molecular flexibility index (Phi) is 26.9. The second-order valence-electron chi connectivity index (χ2n) is 14.9. The summed E-state index contributed by atoms with van der Waals surface area (Å²) in [7, 11) is 0. The number of aliphatic hydroxyl groups excluding tert-OH is 2. The number of nitrogens with two attached hydrogens (primary N) is 5. The number of rotatable bonds is 32. The van der Waals surface area contributed by atoms with Crippen LogP contribution in [-0.4, -0.2) is 173 Å². The Labute approximate surface area is 389 Å². The number of carboxylic acids is 2. The normalized spacial score (nSPS) is 13.7. The fourth-order valence-corrected chi connectivity index (χ4v) is 5.70. The van der Waals surface area contributed by atoms with Crippen molar-refractivity contribution in [3.8, 4) is 0 Å². The molecule has 22 N–H and O–H groups in total. The highest BCUT2D eigenvalue weighted by Crippen LogP contribution is 2.06. The highest BCUT2D eigenvalue weighted by atomic mass is 16.4. The first kappa shape index (κ1) is 58.4. The van der Waals surface area contributed by atoms with Crippen LogP contribution in [0.15, 0.2) is 40.3 Å². The summed E-state index contributed by atoms with van der Waals surface area (Å²) in [5.41, 5.74) is 27.3. The Morgan fingerprint density at radius 3 is 1.51 bits per heavy atom. The quantitative estimate of drug-likeness (QED) is 0.0181. The molecular formula is C39H63N15O14. The van der Waals surface area contributed by atoms with Gasteiger partial charge in [-0.15, -0.1) is 0 Å². The van der Waals surface area contributed by atoms with Gasteiger partial charge in [-0.1, -0.05) is 30.3 Å². The van der Waals surface area contributed by atoms with Crippen LogP contribution in [0.2, 0.25) is 0 Å². The summed E-state index contributed by atoms with van der Waals surface area (Å²) in [6.07, 6.45) is -0.699. The number of guanidine groups is 2. The maximum atomic E-state index is 13.5. The van der Waals surface area contributed by atoms with Crippen LogP contribution in [-0.2, 0) is 54.4 Å². The average Bonchev–Trinajstić information content (AvgIpc) is 3.28. The van der Waals surface area contributed by atoms with Gasteiger partial charge in [0.2, 0.25) is 47.3 Å². The van der Waals surface area contributed by atoms with Crippen molar-refractivity contribution in [2.45, 2.75) is 94.2 Å². The number of aliphatic hydroxyl groups is 2. The van der Waals surface area contributed by atoms with E-state index in [1.165, 1.54) is 6.92 Å². The topological polar surface area (TPSA) is 503 Å². The lowest BCUT2D eigenvalue weighted by molar-refractivity contribution is -0.142. The van der Waals surface area contributed by atoms with Crippen LogP contribution in [0.5, 0.6) is 0 Å². The Morgan fingerprint density at radius 1 is 0.559 bits per heavy atom. The van der Waals surface area contributed by atoms with Crippen molar-refractivity contribution in [1.29, 1.82) is 0 Å². The lowest BCUT2D eigenvalue weighted by Gasteiger charge is -2.24. The minimum absolute atomic E-state index is 0.0508. The van der Waals surface area contributed by atoms with E-state index in [4.69, 9.17) is 28.7 Å². The molecule has 29 nitrogen and oxygen atoms in total. The number of amides is 8. The molecule has 1 rings (SSSR count). The van der Waals surface area contributed by atoms with Gasteiger partial charge in [0.05, 0.1) is 32.3 Å². The summed E-state index contributed by atoms with van der Waals surface area (Å²) in [6.45, 7) is -2.02. The molecule has 0 aliphatic carbocycles. The number of nitrogens with one attached hydrogen (secondary N) is 8. The van der Waals surface area contributed by atoms with Gasteiger partial charge in [0.15, 0.2) is 11.9 Å². The molecule has 0 saturated carbocycles. The molecule has 0 radical (unpaired) electrons. The van der Waals surface area contributed by atoms with E-state index in [0.717, 1.165) is 0 Å². The van der Waals surface area contributed by atoms with Crippen LogP contribution in [0.1, 0.15) is 51.0 Å². The monoisotopic (exact) mass is 965 g/mol. The molecule has 0 spiro atoms. The first-order valence-electron chi connectivity index (χ1n) is 21.0. The fraction of sp³-hybridized carbons (Fsp3) is 0.538. The Balaban J connectivity index is 2.95. The number of carbonyl (C=O) groups excluding carboxylic acids is 8. The molecular weight excluding hydrogens is 903 g/mol. The van der Waals surface area contributed by atoms with E-state index in [2.05, 4.69) is 52.5 Å². The van der Waals surface area contributed by atoms with Crippen molar-refractivity contribution >= 4 is 71.1 Å². The molecule has 0 heterocycles. The van der Waals surface area contributed by atoms with E-state index in [0.29, 0.717) is 12.0 Å². The van der Waals surface area contributed by atoms with Crippen LogP contribution in [0.3, 0.4) is 0 Å². The van der Waals surface area contributed by atoms with Crippen molar-refractivity contribution in [2.24, 2.45) is 38.7 Å². The predicted molar refractivity (Wildman–Crippen MR) is 240 cm³/mol. The lowest BCUT2D eigenvalue weighted by Crippen LogP contribution is -2.59. The fourth-order valence-electron chi connectivity index (χ4n) is 5.70. The third kappa shape index (κ3) is 24.0. The Morgan fingerprint density at radius 2 is 1.03 bits per heavy atom. The molecule has 7 atom stereocenters. The average molecular weight is 966 g/mol. The second kappa shape index (κ2) is 31.3. The van der Waals surface area contributed by atoms with Gasteiger partial charge in [-0.3, -0.25) is 53.1 Å². The van der Waals surface area contributed by atoms with Crippen LogP contribution in [0.25, 0.3) is 0 Å². The van der Waals surface area contributed by atoms with E-state index in [1.807, 2.05) is 0 Å². The zero-order valence-corrected chi connectivity index (χ0v) is 37.3. The largest absolute Gasteiger partial charge is 0.481 e. The zero-order chi connectivity index (χ0) is 51.3. The third-order valence-corrected chi connectivity index (χ3v) is 9.33. The van der Waals surface area contributed by atoms with E-state index < -0.39 is 141 Å². The SMILES string of the molecule is C[C@H](NC(=O)[C@H](Cc1ccccc1)NC(=O)[C@H](CO)NC(=O)CNC(=O)[C@H](CCC(=O)O)NC(=O)[C@H](CO)NC(=O)CNC(=O)[C@@H](N)CCCN=C(N)N)C(=O)N[C@@H](CCCN=C(N)N)C(=O)O. The number of hydrogen-bond donors (Lipinski definition) is 17. The van der Waals surface area contributed by atoms with E-state index in [-0.39, 0.29) is 50.7 Å². The summed E-state index contributed by atoms with van der Waals surface area (Å²) in [6, 6.07) is -1.97. The van der Waals surface area contributed by atoms with Crippen molar-refractivity contribution in [1.82, 2.24) is 42.5 Å². The van der Waals surface area contributed by atoms with Crippen LogP contribution < -0.4 is 71.2 Å². The van der Waals surface area contributed by atoms with Crippen molar-refractivity contribution in [2.75, 3.05) is 39.4 Å². The molecule has 0 aliphatic rings. The summed E-state index contributed by atoms with van der Waals surface area (Å²) in [4.78, 5) is 134. The first-order chi connectivity index (χ1) is 32.1. The van der Waals surface area contributed by atoms with Gasteiger partial charge in [-0.05, 0) is 44.6 Å². The number of carbonyl (C=O) groups is 10. The lowest BCUT2D eigenvalue weighted by atomic mass is 10.0. The van der Waals surface area contributed by atoms with Crippen molar-refractivity contribution in [3.63, 3.8) is 0 Å². The van der Waals surface area contributed by atoms with Crippen molar-refractivity contribution in [3.05, 3.63) is 35.9 Å². The van der Waals surface area contributed by atoms with Gasteiger partial charge in [0, 0.05) is 25.9 Å². The van der Waals surface area contributed by atoms with Gasteiger partial charge in [-0.2, -0.15) is 0 Å². The minimum Gasteiger partial charge on any atom is -0.481 e. The predicted octanol–water partition coefficient (Wildman–Crippen LogP) is -8.24. The molecule has 378 valence electrons. The number of nitrogens with zero attached hydrogens (tertiary/aromatic N) is 2. The summed E-state index contributed by atoms with van der Waals surface area (Å²) >= 11 is 0. The highest BCUT2D eigenvalue weighted by Gasteiger charge is 2.31. The van der Waals surface area contributed by atoms with E-state index in [9.17, 15) is 68.4 Å². The van der Waals surface area contributed by atoms with Gasteiger partial charge in [0.1, 0.15) is 36.3 Å². The number of carboxylic acid groups (broad SMARTS) is 2. The number of aliphatic imine (C=N–C) groups is 2. The maximum Gasteiger partial charge on any atom is 0.326 e. The first-order valence-corrected chi connectivity index (χ1v) is 21.0. The third-order valence-electron chi connectivity index (χ3n) is 9.33. The summed E-state index contributed by atoms with van der Waals surface area (Å²) < 4.78 is 0. The molecule has 0 aromatic heterocycles. The Hall–Kier alpha value is -7.66. The molecule has 0 bridgehead atoms.